The third-order valence-corrected chi connectivity index (χ3v) is 3.70. The summed E-state index contributed by atoms with van der Waals surface area (Å²) in [4.78, 5) is 0. The van der Waals surface area contributed by atoms with Gasteiger partial charge in [0.15, 0.2) is 0 Å². The molecular formula is C17H18. The maximum Gasteiger partial charge on any atom is -0.00521 e. The van der Waals surface area contributed by atoms with E-state index < -0.39 is 0 Å². The van der Waals surface area contributed by atoms with Crippen molar-refractivity contribution in [2.45, 2.75) is 27.2 Å². The number of allylic oxidation sites excluding steroid dienone is 1. The van der Waals surface area contributed by atoms with Crippen LogP contribution in [0.3, 0.4) is 0 Å². The average Bonchev–Trinajstić information content (AvgIpc) is 2.28. The van der Waals surface area contributed by atoms with Gasteiger partial charge in [-0.25, -0.2) is 0 Å². The molecule has 0 nitrogen and oxygen atoms in total. The molecule has 0 aromatic heterocycles. The summed E-state index contributed by atoms with van der Waals surface area (Å²) in [6.45, 7) is 6.90. The van der Waals surface area contributed by atoms with Crippen molar-refractivity contribution < 1.29 is 0 Å². The van der Waals surface area contributed by atoms with Gasteiger partial charge in [-0.3, -0.25) is 0 Å². The molecule has 0 atom stereocenters. The zero-order valence-electron chi connectivity index (χ0n) is 10.7. The fraction of sp³-hybridized carbons (Fsp3) is 0.294. The summed E-state index contributed by atoms with van der Waals surface area (Å²) in [7, 11) is 0. The lowest BCUT2D eigenvalue weighted by atomic mass is 9.77. The molecule has 1 aliphatic rings. The van der Waals surface area contributed by atoms with Crippen molar-refractivity contribution in [2.24, 2.45) is 5.41 Å². The van der Waals surface area contributed by atoms with E-state index in [1.165, 1.54) is 27.5 Å². The van der Waals surface area contributed by atoms with Gasteiger partial charge in [0.25, 0.3) is 0 Å². The molecule has 2 aromatic carbocycles. The van der Waals surface area contributed by atoms with Crippen molar-refractivity contribution in [3.8, 4) is 0 Å². The molecule has 0 heteroatoms. The van der Waals surface area contributed by atoms with Crippen molar-refractivity contribution >= 4 is 16.8 Å². The van der Waals surface area contributed by atoms with Crippen LogP contribution in [-0.4, -0.2) is 0 Å². The molecule has 17 heavy (non-hydrogen) atoms. The molecular weight excluding hydrogens is 204 g/mol. The topological polar surface area (TPSA) is 0 Å². The maximum atomic E-state index is 2.38. The number of benzene rings is 2. The molecule has 0 saturated carbocycles. The second-order valence-corrected chi connectivity index (χ2v) is 5.96. The van der Waals surface area contributed by atoms with E-state index in [2.05, 4.69) is 63.2 Å². The molecule has 3 rings (SSSR count). The summed E-state index contributed by atoms with van der Waals surface area (Å²) in [6.07, 6.45) is 3.48. The Labute approximate surface area is 103 Å². The van der Waals surface area contributed by atoms with E-state index in [0.29, 0.717) is 0 Å². The summed E-state index contributed by atoms with van der Waals surface area (Å²) in [5.41, 5.74) is 4.65. The van der Waals surface area contributed by atoms with Crippen molar-refractivity contribution in [2.75, 3.05) is 0 Å². The summed E-state index contributed by atoms with van der Waals surface area (Å²) in [5.74, 6) is 0. The smallest absolute Gasteiger partial charge is 0.00521 e. The van der Waals surface area contributed by atoms with E-state index in [0.717, 1.165) is 6.42 Å². The lowest BCUT2D eigenvalue weighted by Gasteiger charge is -2.27. The Morgan fingerprint density at radius 1 is 0.941 bits per heavy atom. The first-order valence-corrected chi connectivity index (χ1v) is 6.27. The Balaban J connectivity index is 2.30. The van der Waals surface area contributed by atoms with Crippen LogP contribution in [0.5, 0.6) is 0 Å². The number of hydrogen-bond donors (Lipinski definition) is 0. The predicted octanol–water partition coefficient (Wildman–Crippen LogP) is 4.83. The van der Waals surface area contributed by atoms with Crippen LogP contribution in [0.2, 0.25) is 0 Å². The molecule has 0 amide bonds. The highest BCUT2D eigenvalue weighted by molar-refractivity contribution is 5.95. The number of hydrogen-bond acceptors (Lipinski definition) is 0. The van der Waals surface area contributed by atoms with Crippen LogP contribution >= 0.6 is 0 Å². The van der Waals surface area contributed by atoms with Gasteiger partial charge in [-0.15, -0.1) is 0 Å². The Hall–Kier alpha value is -1.56. The van der Waals surface area contributed by atoms with Crippen LogP contribution in [0.1, 0.15) is 31.9 Å². The average molecular weight is 222 g/mol. The number of rotatable bonds is 0. The van der Waals surface area contributed by atoms with Crippen LogP contribution in [-0.2, 0) is 6.42 Å². The van der Waals surface area contributed by atoms with E-state index in [4.69, 9.17) is 0 Å². The first kappa shape index (κ1) is 10.6. The molecule has 0 N–H and O–H groups in total. The molecule has 0 bridgehead atoms. The molecule has 0 radical (unpaired) electrons. The van der Waals surface area contributed by atoms with Gasteiger partial charge in [0.1, 0.15) is 0 Å². The molecule has 0 spiro atoms. The van der Waals surface area contributed by atoms with Gasteiger partial charge in [0.2, 0.25) is 0 Å². The van der Waals surface area contributed by atoms with Crippen molar-refractivity contribution in [3.63, 3.8) is 0 Å². The normalized spacial score (nSPS) is 14.9. The first-order chi connectivity index (χ1) is 8.05. The fourth-order valence-corrected chi connectivity index (χ4v) is 2.64. The molecule has 86 valence electrons. The summed E-state index contributed by atoms with van der Waals surface area (Å²) in [6, 6.07) is 13.2. The van der Waals surface area contributed by atoms with Crippen LogP contribution in [0.15, 0.2) is 42.0 Å². The monoisotopic (exact) mass is 222 g/mol. The van der Waals surface area contributed by atoms with Gasteiger partial charge in [-0.2, -0.15) is 0 Å². The minimum absolute atomic E-state index is 0.260. The van der Waals surface area contributed by atoms with Gasteiger partial charge in [0.05, 0.1) is 0 Å². The zero-order chi connectivity index (χ0) is 12.0. The third kappa shape index (κ3) is 1.68. The van der Waals surface area contributed by atoms with Gasteiger partial charge in [-0.05, 0) is 33.7 Å². The van der Waals surface area contributed by atoms with E-state index in [1.807, 2.05) is 0 Å². The van der Waals surface area contributed by atoms with E-state index in [-0.39, 0.29) is 5.41 Å². The molecule has 0 fully saturated rings. The Bertz CT molecular complexity index is 604. The van der Waals surface area contributed by atoms with Crippen LogP contribution in [0.4, 0.5) is 0 Å². The maximum absolute atomic E-state index is 2.38. The highest BCUT2D eigenvalue weighted by Crippen LogP contribution is 2.37. The SMILES string of the molecule is CC(C)(C)C1=Cc2cccc3cccc(c23)C1. The second kappa shape index (κ2) is 3.46. The van der Waals surface area contributed by atoms with Gasteiger partial charge >= 0.3 is 0 Å². The largest absolute Gasteiger partial charge is 0.0613 e. The van der Waals surface area contributed by atoms with Gasteiger partial charge in [-0.1, -0.05) is 68.8 Å². The van der Waals surface area contributed by atoms with E-state index in [1.54, 1.807) is 0 Å². The van der Waals surface area contributed by atoms with Crippen molar-refractivity contribution in [3.05, 3.63) is 53.1 Å². The summed E-state index contributed by atoms with van der Waals surface area (Å²) < 4.78 is 0. The van der Waals surface area contributed by atoms with Crippen LogP contribution in [0, 0.1) is 5.41 Å². The molecule has 0 aliphatic heterocycles. The molecule has 2 aromatic rings. The first-order valence-electron chi connectivity index (χ1n) is 6.27. The lowest BCUT2D eigenvalue weighted by molar-refractivity contribution is 0.495. The highest BCUT2D eigenvalue weighted by atomic mass is 14.3. The third-order valence-electron chi connectivity index (χ3n) is 3.70. The predicted molar refractivity (Wildman–Crippen MR) is 75.1 cm³/mol. The molecule has 0 saturated heterocycles. The highest BCUT2D eigenvalue weighted by Gasteiger charge is 2.21. The van der Waals surface area contributed by atoms with E-state index >= 15 is 0 Å². The minimum Gasteiger partial charge on any atom is -0.0613 e. The van der Waals surface area contributed by atoms with Crippen molar-refractivity contribution in [1.82, 2.24) is 0 Å². The minimum atomic E-state index is 0.260. The summed E-state index contributed by atoms with van der Waals surface area (Å²) >= 11 is 0. The quantitative estimate of drug-likeness (QED) is 0.599. The van der Waals surface area contributed by atoms with Crippen LogP contribution in [0.25, 0.3) is 16.8 Å². The molecule has 0 unspecified atom stereocenters. The Morgan fingerprint density at radius 2 is 1.65 bits per heavy atom. The van der Waals surface area contributed by atoms with Gasteiger partial charge in [0, 0.05) is 0 Å². The van der Waals surface area contributed by atoms with Gasteiger partial charge < -0.3 is 0 Å². The van der Waals surface area contributed by atoms with E-state index in [9.17, 15) is 0 Å². The standard InChI is InChI=1S/C17H18/c1-17(2,3)15-10-13-8-4-6-12-7-5-9-14(11-15)16(12)13/h4-10H,11H2,1-3H3. The Kier molecular flexibility index (Phi) is 2.16. The second-order valence-electron chi connectivity index (χ2n) is 5.96. The zero-order valence-corrected chi connectivity index (χ0v) is 10.7. The lowest BCUT2D eigenvalue weighted by Crippen LogP contribution is -2.14. The fourth-order valence-electron chi connectivity index (χ4n) is 2.64. The van der Waals surface area contributed by atoms with Crippen molar-refractivity contribution in [1.29, 1.82) is 0 Å². The van der Waals surface area contributed by atoms with Crippen LogP contribution < -0.4 is 0 Å². The Morgan fingerprint density at radius 3 is 2.35 bits per heavy atom. The molecule has 0 heterocycles. The summed E-state index contributed by atoms with van der Waals surface area (Å²) in [5, 5.41) is 2.81. The molecule has 1 aliphatic carbocycles.